The summed E-state index contributed by atoms with van der Waals surface area (Å²) in [5, 5.41) is 5.58. The maximum atomic E-state index is 12.2. The summed E-state index contributed by atoms with van der Waals surface area (Å²) in [4.78, 5) is 36.2. The van der Waals surface area contributed by atoms with E-state index in [1.165, 1.54) is 12.1 Å². The molecule has 0 aromatic heterocycles. The molecule has 9 heteroatoms. The monoisotopic (exact) mass is 448 g/mol. The van der Waals surface area contributed by atoms with Crippen molar-refractivity contribution >= 4 is 35.1 Å². The molecule has 0 heterocycles. The van der Waals surface area contributed by atoms with Crippen LogP contribution in [0.25, 0.3) is 0 Å². The first-order chi connectivity index (χ1) is 14.8. The van der Waals surface area contributed by atoms with Crippen molar-refractivity contribution in [2.75, 3.05) is 31.7 Å². The SMILES string of the molecule is CCOc1ccc(C(=O)OCC(=O)NCC(=O)Nc2cccc(Cl)c2C)cc1OCC. The number of benzene rings is 2. The van der Waals surface area contributed by atoms with E-state index in [-0.39, 0.29) is 12.1 Å². The van der Waals surface area contributed by atoms with Crippen LogP contribution in [0.4, 0.5) is 5.69 Å². The second kappa shape index (κ2) is 11.8. The highest BCUT2D eigenvalue weighted by atomic mass is 35.5. The zero-order valence-corrected chi connectivity index (χ0v) is 18.4. The number of amides is 2. The van der Waals surface area contributed by atoms with Gasteiger partial charge in [0.2, 0.25) is 5.91 Å². The van der Waals surface area contributed by atoms with Crippen LogP contribution in [-0.4, -0.2) is 44.1 Å². The van der Waals surface area contributed by atoms with Gasteiger partial charge in [-0.05, 0) is 56.7 Å². The normalized spacial score (nSPS) is 10.2. The van der Waals surface area contributed by atoms with E-state index in [1.807, 2.05) is 13.8 Å². The predicted octanol–water partition coefficient (Wildman–Crippen LogP) is 3.36. The lowest BCUT2D eigenvalue weighted by atomic mass is 10.2. The predicted molar refractivity (Wildman–Crippen MR) is 117 cm³/mol. The first-order valence-electron chi connectivity index (χ1n) is 9.74. The van der Waals surface area contributed by atoms with Gasteiger partial charge in [0.05, 0.1) is 25.3 Å². The molecular formula is C22H25ClN2O6. The van der Waals surface area contributed by atoms with Crippen LogP contribution in [0.5, 0.6) is 11.5 Å². The van der Waals surface area contributed by atoms with Crippen molar-refractivity contribution in [3.63, 3.8) is 0 Å². The molecule has 0 spiro atoms. The van der Waals surface area contributed by atoms with E-state index in [4.69, 9.17) is 25.8 Å². The summed E-state index contributed by atoms with van der Waals surface area (Å²) < 4.78 is 15.9. The fourth-order valence-corrected chi connectivity index (χ4v) is 2.73. The van der Waals surface area contributed by atoms with Crippen molar-refractivity contribution in [3.05, 3.63) is 52.5 Å². The standard InChI is InChI=1S/C22H25ClN2O6/c1-4-29-18-10-9-15(11-19(18)30-5-2)22(28)31-13-21(27)24-12-20(26)25-17-8-6-7-16(23)14(17)3/h6-11H,4-5,12-13H2,1-3H3,(H,24,27)(H,25,26). The average molecular weight is 449 g/mol. The largest absolute Gasteiger partial charge is 0.490 e. The fraction of sp³-hybridized carbons (Fsp3) is 0.318. The molecule has 8 nitrogen and oxygen atoms in total. The van der Waals surface area contributed by atoms with E-state index < -0.39 is 24.4 Å². The quantitative estimate of drug-likeness (QED) is 0.540. The summed E-state index contributed by atoms with van der Waals surface area (Å²) in [6.07, 6.45) is 0. The molecule has 0 atom stereocenters. The molecule has 0 bridgehead atoms. The number of nitrogens with one attached hydrogen (secondary N) is 2. The highest BCUT2D eigenvalue weighted by Gasteiger charge is 2.15. The first kappa shape index (κ1) is 24.0. The summed E-state index contributed by atoms with van der Waals surface area (Å²) in [6.45, 7) is 5.47. The van der Waals surface area contributed by atoms with Crippen LogP contribution in [0.1, 0.15) is 29.8 Å². The second-order valence-corrected chi connectivity index (χ2v) is 6.75. The van der Waals surface area contributed by atoms with Gasteiger partial charge in [-0.25, -0.2) is 4.79 Å². The maximum Gasteiger partial charge on any atom is 0.338 e. The molecule has 2 aromatic rings. The molecule has 2 aromatic carbocycles. The van der Waals surface area contributed by atoms with Crippen LogP contribution >= 0.6 is 11.6 Å². The minimum absolute atomic E-state index is 0.217. The Balaban J connectivity index is 1.84. The lowest BCUT2D eigenvalue weighted by Gasteiger charge is -2.12. The number of carbonyl (C=O) groups excluding carboxylic acids is 3. The summed E-state index contributed by atoms with van der Waals surface area (Å²) in [5.41, 5.74) is 1.49. The molecule has 0 radical (unpaired) electrons. The van der Waals surface area contributed by atoms with Crippen molar-refractivity contribution in [2.45, 2.75) is 20.8 Å². The smallest absolute Gasteiger partial charge is 0.338 e. The van der Waals surface area contributed by atoms with Gasteiger partial charge in [0, 0.05) is 10.7 Å². The highest BCUT2D eigenvalue weighted by Crippen LogP contribution is 2.28. The third kappa shape index (κ3) is 7.18. The minimum atomic E-state index is -0.696. The van der Waals surface area contributed by atoms with Gasteiger partial charge in [0.15, 0.2) is 18.1 Å². The number of hydrogen-bond donors (Lipinski definition) is 2. The van der Waals surface area contributed by atoms with E-state index in [0.29, 0.717) is 35.4 Å². The Bertz CT molecular complexity index is 948. The van der Waals surface area contributed by atoms with Crippen LogP contribution in [-0.2, 0) is 14.3 Å². The van der Waals surface area contributed by atoms with Crippen LogP contribution in [0.15, 0.2) is 36.4 Å². The Morgan fingerprint density at radius 2 is 1.68 bits per heavy atom. The van der Waals surface area contributed by atoms with E-state index in [9.17, 15) is 14.4 Å². The van der Waals surface area contributed by atoms with Crippen molar-refractivity contribution in [1.82, 2.24) is 5.32 Å². The number of ether oxygens (including phenoxy) is 3. The Morgan fingerprint density at radius 1 is 0.968 bits per heavy atom. The van der Waals surface area contributed by atoms with E-state index in [1.54, 1.807) is 31.2 Å². The van der Waals surface area contributed by atoms with Gasteiger partial charge in [0.1, 0.15) is 0 Å². The summed E-state index contributed by atoms with van der Waals surface area (Å²) >= 11 is 6.01. The van der Waals surface area contributed by atoms with Crippen molar-refractivity contribution in [3.8, 4) is 11.5 Å². The molecule has 2 N–H and O–H groups in total. The number of rotatable bonds is 10. The lowest BCUT2D eigenvalue weighted by Crippen LogP contribution is -2.35. The van der Waals surface area contributed by atoms with Gasteiger partial charge < -0.3 is 24.8 Å². The molecule has 0 aliphatic heterocycles. The van der Waals surface area contributed by atoms with Crippen molar-refractivity contribution in [2.24, 2.45) is 0 Å². The van der Waals surface area contributed by atoms with Gasteiger partial charge >= 0.3 is 5.97 Å². The number of halogens is 1. The molecule has 166 valence electrons. The average Bonchev–Trinajstić information content (AvgIpc) is 2.75. The topological polar surface area (TPSA) is 103 Å². The highest BCUT2D eigenvalue weighted by molar-refractivity contribution is 6.31. The Labute approximate surface area is 185 Å². The van der Waals surface area contributed by atoms with E-state index in [2.05, 4.69) is 10.6 Å². The minimum Gasteiger partial charge on any atom is -0.490 e. The summed E-state index contributed by atoms with van der Waals surface area (Å²) in [7, 11) is 0. The molecule has 0 saturated carbocycles. The third-order valence-corrected chi connectivity index (χ3v) is 4.51. The number of hydrogen-bond acceptors (Lipinski definition) is 6. The molecule has 0 aliphatic carbocycles. The van der Waals surface area contributed by atoms with Gasteiger partial charge in [0.25, 0.3) is 5.91 Å². The Hall–Kier alpha value is -3.26. The van der Waals surface area contributed by atoms with Crippen LogP contribution in [0, 0.1) is 6.92 Å². The molecule has 31 heavy (non-hydrogen) atoms. The van der Waals surface area contributed by atoms with Crippen molar-refractivity contribution in [1.29, 1.82) is 0 Å². The van der Waals surface area contributed by atoms with Crippen molar-refractivity contribution < 1.29 is 28.6 Å². The zero-order chi connectivity index (χ0) is 22.8. The van der Waals surface area contributed by atoms with E-state index in [0.717, 1.165) is 5.56 Å². The lowest BCUT2D eigenvalue weighted by molar-refractivity contribution is -0.126. The molecule has 0 fully saturated rings. The van der Waals surface area contributed by atoms with Gasteiger partial charge in [-0.1, -0.05) is 17.7 Å². The van der Waals surface area contributed by atoms with Crippen LogP contribution in [0.3, 0.4) is 0 Å². The third-order valence-electron chi connectivity index (χ3n) is 4.10. The second-order valence-electron chi connectivity index (χ2n) is 6.34. The van der Waals surface area contributed by atoms with Crippen LogP contribution in [0.2, 0.25) is 5.02 Å². The molecular weight excluding hydrogens is 424 g/mol. The Morgan fingerprint density at radius 3 is 2.39 bits per heavy atom. The zero-order valence-electron chi connectivity index (χ0n) is 17.6. The van der Waals surface area contributed by atoms with E-state index >= 15 is 0 Å². The number of carbonyl (C=O) groups is 3. The maximum absolute atomic E-state index is 12.2. The molecule has 2 rings (SSSR count). The van der Waals surface area contributed by atoms with Gasteiger partial charge in [-0.2, -0.15) is 0 Å². The molecule has 2 amide bonds. The molecule has 0 saturated heterocycles. The molecule has 0 unspecified atom stereocenters. The fourth-order valence-electron chi connectivity index (χ4n) is 2.56. The number of esters is 1. The molecule has 0 aliphatic rings. The van der Waals surface area contributed by atoms with Gasteiger partial charge in [-0.3, -0.25) is 9.59 Å². The summed E-state index contributed by atoms with van der Waals surface area (Å²) in [5.74, 6) is -0.811. The Kier molecular flexibility index (Phi) is 9.14. The van der Waals surface area contributed by atoms with Gasteiger partial charge in [-0.15, -0.1) is 0 Å². The number of anilines is 1. The first-order valence-corrected chi connectivity index (χ1v) is 10.1. The van der Waals surface area contributed by atoms with Crippen LogP contribution < -0.4 is 20.1 Å². The summed E-state index contributed by atoms with van der Waals surface area (Å²) in [6, 6.07) is 9.75.